The zero-order valence-corrected chi connectivity index (χ0v) is 14.5. The number of anilines is 1. The van der Waals surface area contributed by atoms with Gasteiger partial charge in [-0.25, -0.2) is 4.68 Å². The Balaban J connectivity index is 1.79. The quantitative estimate of drug-likeness (QED) is 0.702. The molecule has 2 aromatic carbocycles. The van der Waals surface area contributed by atoms with E-state index in [2.05, 4.69) is 20.8 Å². The summed E-state index contributed by atoms with van der Waals surface area (Å²) in [6.45, 7) is 2.89. The summed E-state index contributed by atoms with van der Waals surface area (Å²) in [4.78, 5) is 12.6. The van der Waals surface area contributed by atoms with Gasteiger partial charge in [-0.15, -0.1) is 5.10 Å². The van der Waals surface area contributed by atoms with Crippen LogP contribution in [0.5, 0.6) is 5.75 Å². The number of rotatable bonds is 7. The molecule has 0 aliphatic rings. The number of benzene rings is 2. The fraction of sp³-hybridized carbons (Fsp3) is 0.222. The third kappa shape index (κ3) is 4.04. The number of methoxy groups -OCH3 is 1. The van der Waals surface area contributed by atoms with Crippen molar-refractivity contribution in [1.29, 1.82) is 0 Å². The van der Waals surface area contributed by atoms with Crippen LogP contribution in [0.25, 0.3) is 5.69 Å². The molecule has 8 nitrogen and oxygen atoms in total. The second kappa shape index (κ2) is 8.21. The van der Waals surface area contributed by atoms with Gasteiger partial charge in [-0.1, -0.05) is 6.07 Å². The van der Waals surface area contributed by atoms with Gasteiger partial charge in [0, 0.05) is 23.4 Å². The number of ether oxygens (including phenoxy) is 2. The molecular formula is C18H19N5O3. The summed E-state index contributed by atoms with van der Waals surface area (Å²) < 4.78 is 12.3. The smallest absolute Gasteiger partial charge is 0.255 e. The van der Waals surface area contributed by atoms with E-state index in [0.29, 0.717) is 30.2 Å². The Morgan fingerprint density at radius 3 is 2.85 bits per heavy atom. The first-order valence-electron chi connectivity index (χ1n) is 8.10. The van der Waals surface area contributed by atoms with Crippen LogP contribution in [-0.2, 0) is 11.3 Å². The van der Waals surface area contributed by atoms with Gasteiger partial charge < -0.3 is 14.8 Å². The van der Waals surface area contributed by atoms with Gasteiger partial charge in [-0.3, -0.25) is 4.79 Å². The van der Waals surface area contributed by atoms with Crippen molar-refractivity contribution in [3.8, 4) is 11.4 Å². The van der Waals surface area contributed by atoms with E-state index >= 15 is 0 Å². The molecular weight excluding hydrogens is 334 g/mol. The van der Waals surface area contributed by atoms with E-state index in [1.54, 1.807) is 37.4 Å². The molecule has 0 atom stereocenters. The number of amides is 1. The van der Waals surface area contributed by atoms with Crippen LogP contribution in [0.2, 0.25) is 0 Å². The van der Waals surface area contributed by atoms with Gasteiger partial charge in [0.2, 0.25) is 0 Å². The number of aromatic nitrogens is 4. The van der Waals surface area contributed by atoms with Crippen LogP contribution < -0.4 is 10.1 Å². The summed E-state index contributed by atoms with van der Waals surface area (Å²) in [5.41, 5.74) is 2.74. The van der Waals surface area contributed by atoms with E-state index in [-0.39, 0.29) is 5.91 Å². The van der Waals surface area contributed by atoms with E-state index in [4.69, 9.17) is 9.47 Å². The van der Waals surface area contributed by atoms with Crippen LogP contribution in [0.1, 0.15) is 22.8 Å². The Hall–Kier alpha value is -3.26. The van der Waals surface area contributed by atoms with Crippen LogP contribution in [0.4, 0.5) is 5.69 Å². The average Bonchev–Trinajstić information content (AvgIpc) is 3.21. The second-order valence-electron chi connectivity index (χ2n) is 5.42. The molecule has 0 saturated heterocycles. The standard InChI is InChI=1S/C18H19N5O3/c1-3-26-11-14-9-13(7-8-17(14)25-2)18(24)20-15-5-4-6-16(10-15)23-12-19-21-22-23/h4-10,12H,3,11H2,1-2H3,(H,20,24). The molecule has 3 rings (SSSR count). The third-order valence-corrected chi connectivity index (χ3v) is 3.72. The van der Waals surface area contributed by atoms with Crippen LogP contribution in [-0.4, -0.2) is 39.8 Å². The lowest BCUT2D eigenvalue weighted by molar-refractivity contribution is 0.102. The summed E-state index contributed by atoms with van der Waals surface area (Å²) >= 11 is 0. The van der Waals surface area contributed by atoms with Crippen molar-refractivity contribution in [3.05, 3.63) is 59.9 Å². The Bertz CT molecular complexity index is 880. The van der Waals surface area contributed by atoms with E-state index in [9.17, 15) is 4.79 Å². The van der Waals surface area contributed by atoms with Gasteiger partial charge in [0.05, 0.1) is 19.4 Å². The molecule has 1 aromatic heterocycles. The topological polar surface area (TPSA) is 91.2 Å². The maximum Gasteiger partial charge on any atom is 0.255 e. The Labute approximate surface area is 150 Å². The fourth-order valence-corrected chi connectivity index (χ4v) is 2.45. The summed E-state index contributed by atoms with van der Waals surface area (Å²) in [6.07, 6.45) is 1.49. The number of hydrogen-bond donors (Lipinski definition) is 1. The first-order valence-corrected chi connectivity index (χ1v) is 8.10. The maximum atomic E-state index is 12.6. The first kappa shape index (κ1) is 17.6. The summed E-state index contributed by atoms with van der Waals surface area (Å²) in [7, 11) is 1.59. The molecule has 8 heteroatoms. The fourth-order valence-electron chi connectivity index (χ4n) is 2.45. The first-order chi connectivity index (χ1) is 12.7. The second-order valence-corrected chi connectivity index (χ2v) is 5.42. The van der Waals surface area contributed by atoms with Crippen molar-refractivity contribution in [3.63, 3.8) is 0 Å². The highest BCUT2D eigenvalue weighted by Crippen LogP contribution is 2.22. The van der Waals surface area contributed by atoms with Gasteiger partial charge in [0.15, 0.2) is 0 Å². The highest BCUT2D eigenvalue weighted by atomic mass is 16.5. The molecule has 0 bridgehead atoms. The molecule has 1 heterocycles. The predicted octanol–water partition coefficient (Wildman–Crippen LogP) is 2.46. The number of hydrogen-bond acceptors (Lipinski definition) is 6. The minimum absolute atomic E-state index is 0.223. The molecule has 1 amide bonds. The van der Waals surface area contributed by atoms with Crippen LogP contribution in [0.15, 0.2) is 48.8 Å². The molecule has 1 N–H and O–H groups in total. The van der Waals surface area contributed by atoms with E-state index in [1.165, 1.54) is 11.0 Å². The van der Waals surface area contributed by atoms with E-state index < -0.39 is 0 Å². The lowest BCUT2D eigenvalue weighted by atomic mass is 10.1. The summed E-state index contributed by atoms with van der Waals surface area (Å²) in [5.74, 6) is 0.468. The van der Waals surface area contributed by atoms with Crippen LogP contribution >= 0.6 is 0 Å². The highest BCUT2D eigenvalue weighted by molar-refractivity contribution is 6.04. The zero-order valence-electron chi connectivity index (χ0n) is 14.5. The predicted molar refractivity (Wildman–Crippen MR) is 95.4 cm³/mol. The van der Waals surface area contributed by atoms with Crippen molar-refractivity contribution in [2.24, 2.45) is 0 Å². The normalized spacial score (nSPS) is 10.5. The molecule has 134 valence electrons. The minimum atomic E-state index is -0.223. The Kier molecular flexibility index (Phi) is 5.55. The molecule has 0 saturated carbocycles. The van der Waals surface area contributed by atoms with Crippen LogP contribution in [0.3, 0.4) is 0 Å². The van der Waals surface area contributed by atoms with Crippen molar-refractivity contribution in [1.82, 2.24) is 20.2 Å². The van der Waals surface area contributed by atoms with Gasteiger partial charge in [0.25, 0.3) is 5.91 Å². The maximum absolute atomic E-state index is 12.6. The van der Waals surface area contributed by atoms with Gasteiger partial charge in [-0.2, -0.15) is 0 Å². The number of nitrogens with one attached hydrogen (secondary N) is 1. The van der Waals surface area contributed by atoms with Gasteiger partial charge >= 0.3 is 0 Å². The Morgan fingerprint density at radius 1 is 1.23 bits per heavy atom. The molecule has 0 spiro atoms. The van der Waals surface area contributed by atoms with E-state index in [0.717, 1.165) is 11.3 Å². The highest BCUT2D eigenvalue weighted by Gasteiger charge is 2.11. The molecule has 0 unspecified atom stereocenters. The van der Waals surface area contributed by atoms with Crippen LogP contribution in [0, 0.1) is 0 Å². The third-order valence-electron chi connectivity index (χ3n) is 3.72. The Morgan fingerprint density at radius 2 is 2.12 bits per heavy atom. The SMILES string of the molecule is CCOCc1cc(C(=O)Nc2cccc(-n3cnnn3)c2)ccc1OC. The molecule has 0 fully saturated rings. The van der Waals surface area contributed by atoms with Crippen molar-refractivity contribution >= 4 is 11.6 Å². The summed E-state index contributed by atoms with van der Waals surface area (Å²) in [6, 6.07) is 12.5. The monoisotopic (exact) mass is 353 g/mol. The number of nitrogens with zero attached hydrogens (tertiary/aromatic N) is 4. The van der Waals surface area contributed by atoms with Gasteiger partial charge in [0.1, 0.15) is 12.1 Å². The molecule has 0 aliphatic heterocycles. The molecule has 3 aromatic rings. The molecule has 0 aliphatic carbocycles. The molecule has 26 heavy (non-hydrogen) atoms. The van der Waals surface area contributed by atoms with E-state index in [1.807, 2.05) is 19.1 Å². The lowest BCUT2D eigenvalue weighted by Crippen LogP contribution is -2.13. The largest absolute Gasteiger partial charge is 0.496 e. The number of carbonyl (C=O) groups excluding carboxylic acids is 1. The molecule has 0 radical (unpaired) electrons. The summed E-state index contributed by atoms with van der Waals surface area (Å²) in [5, 5.41) is 13.9. The number of carbonyl (C=O) groups is 1. The van der Waals surface area contributed by atoms with Gasteiger partial charge in [-0.05, 0) is 53.7 Å². The van der Waals surface area contributed by atoms with Crippen molar-refractivity contribution < 1.29 is 14.3 Å². The number of tetrazole rings is 1. The lowest BCUT2D eigenvalue weighted by Gasteiger charge is -2.11. The van der Waals surface area contributed by atoms with Crippen molar-refractivity contribution in [2.75, 3.05) is 19.0 Å². The minimum Gasteiger partial charge on any atom is -0.496 e. The average molecular weight is 353 g/mol. The van der Waals surface area contributed by atoms with Crippen molar-refractivity contribution in [2.45, 2.75) is 13.5 Å². The zero-order chi connectivity index (χ0) is 18.4.